The number of rotatable bonds is 7. The highest BCUT2D eigenvalue weighted by molar-refractivity contribution is 6.31. The zero-order chi connectivity index (χ0) is 23.5. The van der Waals surface area contributed by atoms with Crippen molar-refractivity contribution in [3.63, 3.8) is 0 Å². The smallest absolute Gasteiger partial charge is 0.246 e. The summed E-state index contributed by atoms with van der Waals surface area (Å²) in [7, 11) is 1.51. The van der Waals surface area contributed by atoms with Gasteiger partial charge in [0.15, 0.2) is 0 Å². The van der Waals surface area contributed by atoms with E-state index in [1.807, 2.05) is 31.2 Å². The Morgan fingerprint density at radius 1 is 1.28 bits per heavy atom. The van der Waals surface area contributed by atoms with Crippen molar-refractivity contribution in [2.45, 2.75) is 65.1 Å². The third kappa shape index (κ3) is 5.29. The fourth-order valence-corrected chi connectivity index (χ4v) is 6.26. The average molecular weight is 465 g/mol. The van der Waals surface area contributed by atoms with Crippen LogP contribution in [0.25, 0.3) is 0 Å². The van der Waals surface area contributed by atoms with Crippen LogP contribution in [0.1, 0.15) is 52.0 Å². The highest BCUT2D eigenvalue weighted by atomic mass is 35.5. The summed E-state index contributed by atoms with van der Waals surface area (Å²) in [4.78, 5) is 25.0. The topological polar surface area (TPSA) is 87.7 Å². The fourth-order valence-electron chi connectivity index (χ4n) is 6.06. The molecule has 3 rings (SSSR count). The molecule has 0 aliphatic heterocycles. The number of methoxy groups -OCH3 is 1. The molecule has 0 heterocycles. The van der Waals surface area contributed by atoms with Gasteiger partial charge in [0, 0.05) is 30.6 Å². The van der Waals surface area contributed by atoms with Crippen LogP contribution in [0.2, 0.25) is 5.02 Å². The molecule has 0 saturated heterocycles. The van der Waals surface area contributed by atoms with E-state index in [4.69, 9.17) is 16.3 Å². The number of hydrogen-bond acceptors (Lipinski definition) is 4. The Morgan fingerprint density at radius 3 is 2.66 bits per heavy atom. The quantitative estimate of drug-likeness (QED) is 0.575. The molecule has 2 aliphatic carbocycles. The van der Waals surface area contributed by atoms with Gasteiger partial charge in [-0.15, -0.1) is 0 Å². The van der Waals surface area contributed by atoms with Gasteiger partial charge >= 0.3 is 0 Å². The molecule has 2 amide bonds. The van der Waals surface area contributed by atoms with Crippen LogP contribution in [0.4, 0.5) is 0 Å². The van der Waals surface area contributed by atoms with Crippen molar-refractivity contribution < 1.29 is 19.4 Å². The van der Waals surface area contributed by atoms with Gasteiger partial charge in [0.05, 0.1) is 6.10 Å². The van der Waals surface area contributed by atoms with E-state index in [2.05, 4.69) is 24.5 Å². The van der Waals surface area contributed by atoms with Crippen LogP contribution in [0, 0.1) is 29.1 Å². The van der Waals surface area contributed by atoms with Crippen LogP contribution >= 0.6 is 11.6 Å². The van der Waals surface area contributed by atoms with E-state index in [9.17, 15) is 14.7 Å². The van der Waals surface area contributed by atoms with E-state index in [1.165, 1.54) is 7.11 Å². The van der Waals surface area contributed by atoms with Gasteiger partial charge in [0.2, 0.25) is 11.8 Å². The van der Waals surface area contributed by atoms with Gasteiger partial charge in [-0.25, -0.2) is 0 Å². The molecule has 2 fully saturated rings. The van der Waals surface area contributed by atoms with Crippen LogP contribution in [0.5, 0.6) is 0 Å². The van der Waals surface area contributed by atoms with E-state index in [1.54, 1.807) is 0 Å². The monoisotopic (exact) mass is 464 g/mol. The Kier molecular flexibility index (Phi) is 8.23. The van der Waals surface area contributed by atoms with Gasteiger partial charge in [-0.3, -0.25) is 9.59 Å². The Hall–Kier alpha value is -1.63. The lowest BCUT2D eigenvalue weighted by molar-refractivity contribution is -0.144. The second kappa shape index (κ2) is 10.5. The number of halogens is 1. The summed E-state index contributed by atoms with van der Waals surface area (Å²) in [5.41, 5.74) is 0.896. The molecule has 7 heteroatoms. The molecule has 1 aromatic rings. The second-order valence-electron chi connectivity index (χ2n) is 9.98. The largest absolute Gasteiger partial charge is 0.392 e. The first-order chi connectivity index (χ1) is 15.2. The van der Waals surface area contributed by atoms with Gasteiger partial charge in [-0.05, 0) is 60.5 Å². The minimum atomic E-state index is -0.591. The third-order valence-corrected chi connectivity index (χ3v) is 8.34. The lowest BCUT2D eigenvalue weighted by atomic mass is 9.51. The third-order valence-electron chi connectivity index (χ3n) is 7.98. The first-order valence-electron chi connectivity index (χ1n) is 11.7. The molecule has 2 aliphatic rings. The number of amides is 2. The summed E-state index contributed by atoms with van der Waals surface area (Å²) in [5, 5.41) is 18.2. The Balaban J connectivity index is 1.67. The predicted octanol–water partition coefficient (Wildman–Crippen LogP) is 3.55. The summed E-state index contributed by atoms with van der Waals surface area (Å²) in [5.74, 6) is -0.469. The molecule has 178 valence electrons. The molecule has 6 nitrogen and oxygen atoms in total. The molecule has 1 unspecified atom stereocenters. The minimum absolute atomic E-state index is 0.00785. The maximum atomic E-state index is 12.9. The fraction of sp³-hybridized carbons (Fsp3) is 0.680. The van der Waals surface area contributed by atoms with Crippen LogP contribution < -0.4 is 10.6 Å². The molecular formula is C25H37ClN2O4. The first-order valence-corrected chi connectivity index (χ1v) is 12.0. The van der Waals surface area contributed by atoms with Crippen molar-refractivity contribution in [1.29, 1.82) is 0 Å². The molecule has 1 aromatic carbocycles. The molecule has 0 bridgehead atoms. The SMILES string of the molecule is COCC(=O)N[C@H]1CC[C@]2(C)CCC([C@H](C)C(=O)NCc3ccccc3Cl)[C@H](O)[C@H]2[C@@H]1C. The number of benzene rings is 1. The number of ether oxygens (including phenoxy) is 1. The zero-order valence-electron chi connectivity index (χ0n) is 19.6. The molecule has 0 radical (unpaired) electrons. The second-order valence-corrected chi connectivity index (χ2v) is 10.4. The van der Waals surface area contributed by atoms with Crippen LogP contribution in [-0.2, 0) is 20.9 Å². The van der Waals surface area contributed by atoms with Gasteiger partial charge in [-0.2, -0.15) is 0 Å². The highest BCUT2D eigenvalue weighted by Crippen LogP contribution is 2.55. The van der Waals surface area contributed by atoms with Crippen LogP contribution in [-0.4, -0.2) is 42.8 Å². The number of fused-ring (bicyclic) bond motifs is 1. The summed E-state index contributed by atoms with van der Waals surface area (Å²) < 4.78 is 4.95. The van der Waals surface area contributed by atoms with Gasteiger partial charge in [0.1, 0.15) is 6.61 Å². The number of carbonyl (C=O) groups is 2. The maximum Gasteiger partial charge on any atom is 0.246 e. The Morgan fingerprint density at radius 2 is 1.97 bits per heavy atom. The number of aliphatic hydroxyl groups is 1. The van der Waals surface area contributed by atoms with E-state index < -0.39 is 6.10 Å². The van der Waals surface area contributed by atoms with Crippen molar-refractivity contribution in [3.05, 3.63) is 34.9 Å². The first kappa shape index (κ1) is 25.0. The maximum absolute atomic E-state index is 12.9. The van der Waals surface area contributed by atoms with Gasteiger partial charge in [-0.1, -0.05) is 50.6 Å². The van der Waals surface area contributed by atoms with Crippen molar-refractivity contribution >= 4 is 23.4 Å². The zero-order valence-corrected chi connectivity index (χ0v) is 20.3. The molecule has 2 saturated carbocycles. The normalized spacial score (nSPS) is 33.1. The highest BCUT2D eigenvalue weighted by Gasteiger charge is 2.53. The minimum Gasteiger partial charge on any atom is -0.392 e. The molecule has 0 spiro atoms. The molecule has 0 aromatic heterocycles. The molecule has 3 N–H and O–H groups in total. The summed E-state index contributed by atoms with van der Waals surface area (Å²) in [6.45, 7) is 6.69. The molecule has 7 atom stereocenters. The van der Waals surface area contributed by atoms with E-state index in [0.29, 0.717) is 11.6 Å². The number of aliphatic hydroxyl groups excluding tert-OH is 1. The van der Waals surface area contributed by atoms with Crippen molar-refractivity contribution in [2.24, 2.45) is 29.1 Å². The van der Waals surface area contributed by atoms with Crippen LogP contribution in [0.15, 0.2) is 24.3 Å². The number of carbonyl (C=O) groups excluding carboxylic acids is 2. The van der Waals surface area contributed by atoms with Gasteiger partial charge < -0.3 is 20.5 Å². The Bertz CT molecular complexity index is 819. The van der Waals surface area contributed by atoms with Crippen LogP contribution in [0.3, 0.4) is 0 Å². The number of nitrogens with one attached hydrogen (secondary N) is 2. The Labute approximate surface area is 196 Å². The van der Waals surface area contributed by atoms with E-state index in [-0.39, 0.29) is 53.5 Å². The van der Waals surface area contributed by atoms with E-state index in [0.717, 1.165) is 31.2 Å². The summed E-state index contributed by atoms with van der Waals surface area (Å²) >= 11 is 6.21. The summed E-state index contributed by atoms with van der Waals surface area (Å²) in [6, 6.07) is 7.48. The van der Waals surface area contributed by atoms with Crippen molar-refractivity contribution in [2.75, 3.05) is 13.7 Å². The van der Waals surface area contributed by atoms with Crippen molar-refractivity contribution in [1.82, 2.24) is 10.6 Å². The average Bonchev–Trinajstić information content (AvgIpc) is 2.75. The van der Waals surface area contributed by atoms with Gasteiger partial charge in [0.25, 0.3) is 0 Å². The standard InChI is InChI=1S/C25H37ClN2O4/c1-15(24(31)27-13-17-7-5-6-8-19(17)26)18-9-11-25(3)12-10-20(28-21(29)14-32-4)16(2)22(25)23(18)30/h5-8,15-16,18,20,22-23,30H,9-14H2,1-4H3,(H,27,31)(H,28,29)/t15-,16+,18?,20-,22+,23-,25-/m0/s1. The number of hydrogen-bond donors (Lipinski definition) is 3. The van der Waals surface area contributed by atoms with E-state index >= 15 is 0 Å². The lowest BCUT2D eigenvalue weighted by Gasteiger charge is -2.56. The predicted molar refractivity (Wildman–Crippen MR) is 125 cm³/mol. The summed E-state index contributed by atoms with van der Waals surface area (Å²) in [6.07, 6.45) is 3.06. The van der Waals surface area contributed by atoms with Crippen molar-refractivity contribution in [3.8, 4) is 0 Å². The molecule has 32 heavy (non-hydrogen) atoms. The molecular weight excluding hydrogens is 428 g/mol. The lowest BCUT2D eigenvalue weighted by Crippen LogP contribution is -2.58.